The predicted molar refractivity (Wildman–Crippen MR) is 76.5 cm³/mol. The van der Waals surface area contributed by atoms with Gasteiger partial charge in [-0.25, -0.2) is 8.78 Å². The van der Waals surface area contributed by atoms with Crippen LogP contribution in [-0.4, -0.2) is 17.0 Å². The van der Waals surface area contributed by atoms with Crippen molar-refractivity contribution in [3.8, 4) is 0 Å². The summed E-state index contributed by atoms with van der Waals surface area (Å²) in [6.45, 7) is 1.69. The van der Waals surface area contributed by atoms with Gasteiger partial charge in [-0.1, -0.05) is 5.16 Å². The summed E-state index contributed by atoms with van der Waals surface area (Å²) in [5.41, 5.74) is 0.145. The molecule has 2 unspecified atom stereocenters. The monoisotopic (exact) mass is 321 g/mol. The minimum Gasteiger partial charge on any atom is -0.360 e. The molecule has 6 nitrogen and oxygen atoms in total. The van der Waals surface area contributed by atoms with Crippen molar-refractivity contribution in [1.82, 2.24) is 5.16 Å². The van der Waals surface area contributed by atoms with Crippen LogP contribution in [0.5, 0.6) is 0 Å². The highest BCUT2D eigenvalue weighted by Crippen LogP contribution is 2.40. The summed E-state index contributed by atoms with van der Waals surface area (Å²) in [7, 11) is 0. The van der Waals surface area contributed by atoms with Crippen LogP contribution in [0.25, 0.3) is 0 Å². The molecule has 2 atom stereocenters. The van der Waals surface area contributed by atoms with Crippen LogP contribution in [0, 0.1) is 30.4 Å². The maximum atomic E-state index is 13.1. The van der Waals surface area contributed by atoms with E-state index in [1.807, 2.05) is 0 Å². The van der Waals surface area contributed by atoms with Crippen LogP contribution in [-0.2, 0) is 9.59 Å². The smallest absolute Gasteiger partial charge is 0.229 e. The Morgan fingerprint density at radius 2 is 1.83 bits per heavy atom. The van der Waals surface area contributed by atoms with E-state index in [0.717, 1.165) is 12.1 Å². The van der Waals surface area contributed by atoms with Crippen LogP contribution < -0.4 is 10.6 Å². The van der Waals surface area contributed by atoms with Gasteiger partial charge in [-0.3, -0.25) is 9.59 Å². The summed E-state index contributed by atoms with van der Waals surface area (Å²) in [6, 6.07) is 4.64. The number of aromatic nitrogens is 1. The van der Waals surface area contributed by atoms with E-state index < -0.39 is 29.4 Å². The molecule has 2 amide bonds. The lowest BCUT2D eigenvalue weighted by Crippen LogP contribution is -2.20. The molecule has 1 heterocycles. The van der Waals surface area contributed by atoms with E-state index in [-0.39, 0.29) is 11.6 Å². The number of benzene rings is 1. The van der Waals surface area contributed by atoms with E-state index in [2.05, 4.69) is 15.8 Å². The zero-order chi connectivity index (χ0) is 16.6. The van der Waals surface area contributed by atoms with Gasteiger partial charge in [-0.2, -0.15) is 0 Å². The molecule has 2 N–H and O–H groups in total. The van der Waals surface area contributed by atoms with Crippen LogP contribution >= 0.6 is 0 Å². The standard InChI is InChI=1S/C15H13F2N3O3/c1-7-4-13(20-23-7)19-15(22)10-6-9(10)14(21)18-8-2-3-11(16)12(17)5-8/h2-5,9-10H,6H2,1H3,(H,18,21)(H,19,20,22). The first-order chi connectivity index (χ1) is 10.9. The Hall–Kier alpha value is -2.77. The second-order valence-corrected chi connectivity index (χ2v) is 5.38. The molecule has 120 valence electrons. The van der Waals surface area contributed by atoms with Crippen LogP contribution in [0.15, 0.2) is 28.8 Å². The van der Waals surface area contributed by atoms with E-state index in [1.165, 1.54) is 6.07 Å². The Kier molecular flexibility index (Phi) is 3.81. The summed E-state index contributed by atoms with van der Waals surface area (Å²) in [5.74, 6) is -2.91. The fourth-order valence-corrected chi connectivity index (χ4v) is 2.23. The highest BCUT2D eigenvalue weighted by atomic mass is 19.2. The lowest BCUT2D eigenvalue weighted by Gasteiger charge is -2.05. The maximum Gasteiger partial charge on any atom is 0.229 e. The number of nitrogens with one attached hydrogen (secondary N) is 2. The van der Waals surface area contributed by atoms with Gasteiger partial charge < -0.3 is 15.2 Å². The lowest BCUT2D eigenvalue weighted by molar-refractivity contribution is -0.122. The normalized spacial score (nSPS) is 19.3. The summed E-state index contributed by atoms with van der Waals surface area (Å²) in [5, 5.41) is 8.66. The van der Waals surface area contributed by atoms with E-state index in [1.54, 1.807) is 13.0 Å². The summed E-state index contributed by atoms with van der Waals surface area (Å²) in [4.78, 5) is 24.0. The third-order valence-electron chi connectivity index (χ3n) is 3.53. The topological polar surface area (TPSA) is 84.2 Å². The second kappa shape index (κ2) is 5.79. The summed E-state index contributed by atoms with van der Waals surface area (Å²) < 4.78 is 30.7. The van der Waals surface area contributed by atoms with Crippen molar-refractivity contribution in [2.75, 3.05) is 10.6 Å². The Labute approximate surface area is 129 Å². The molecule has 3 rings (SSSR count). The van der Waals surface area contributed by atoms with Gasteiger partial charge in [0.05, 0.1) is 11.8 Å². The van der Waals surface area contributed by atoms with Crippen LogP contribution in [0.2, 0.25) is 0 Å². The molecule has 1 saturated carbocycles. The molecule has 2 aromatic rings. The number of hydrogen-bond acceptors (Lipinski definition) is 4. The van der Waals surface area contributed by atoms with Crippen molar-refractivity contribution in [1.29, 1.82) is 0 Å². The fourth-order valence-electron chi connectivity index (χ4n) is 2.23. The minimum atomic E-state index is -1.05. The van der Waals surface area contributed by atoms with E-state index in [0.29, 0.717) is 18.0 Å². The number of anilines is 2. The fraction of sp³-hybridized carbons (Fsp3) is 0.267. The number of carbonyl (C=O) groups is 2. The zero-order valence-electron chi connectivity index (χ0n) is 12.1. The van der Waals surface area contributed by atoms with Gasteiger partial charge in [-0.05, 0) is 25.5 Å². The largest absolute Gasteiger partial charge is 0.360 e. The third-order valence-corrected chi connectivity index (χ3v) is 3.53. The van der Waals surface area contributed by atoms with E-state index in [9.17, 15) is 18.4 Å². The first-order valence-electron chi connectivity index (χ1n) is 6.94. The quantitative estimate of drug-likeness (QED) is 0.906. The van der Waals surface area contributed by atoms with Crippen molar-refractivity contribution < 1.29 is 22.9 Å². The average molecular weight is 321 g/mol. The second-order valence-electron chi connectivity index (χ2n) is 5.38. The van der Waals surface area contributed by atoms with Crippen molar-refractivity contribution in [2.45, 2.75) is 13.3 Å². The SMILES string of the molecule is Cc1cc(NC(=O)C2CC2C(=O)Nc2ccc(F)c(F)c2)no1. The minimum absolute atomic E-state index is 0.145. The molecular formula is C15H13F2N3O3. The van der Waals surface area contributed by atoms with E-state index >= 15 is 0 Å². The van der Waals surface area contributed by atoms with Gasteiger partial charge in [0.15, 0.2) is 17.5 Å². The van der Waals surface area contributed by atoms with Gasteiger partial charge in [0.1, 0.15) is 5.76 Å². The first-order valence-corrected chi connectivity index (χ1v) is 6.94. The van der Waals surface area contributed by atoms with Crippen LogP contribution in [0.4, 0.5) is 20.3 Å². The van der Waals surface area contributed by atoms with Gasteiger partial charge >= 0.3 is 0 Å². The molecule has 0 radical (unpaired) electrons. The molecule has 1 aromatic heterocycles. The Balaban J connectivity index is 1.55. The Bertz CT molecular complexity index is 775. The number of aryl methyl sites for hydroxylation is 1. The molecule has 0 aliphatic heterocycles. The van der Waals surface area contributed by atoms with Crippen LogP contribution in [0.3, 0.4) is 0 Å². The van der Waals surface area contributed by atoms with Gasteiger partial charge in [0.25, 0.3) is 0 Å². The molecular weight excluding hydrogens is 308 g/mol. The molecule has 1 aliphatic rings. The van der Waals surface area contributed by atoms with Crippen molar-refractivity contribution in [2.24, 2.45) is 11.8 Å². The van der Waals surface area contributed by atoms with E-state index in [4.69, 9.17) is 4.52 Å². The molecule has 0 spiro atoms. The van der Waals surface area contributed by atoms with Crippen LogP contribution in [0.1, 0.15) is 12.2 Å². The summed E-state index contributed by atoms with van der Waals surface area (Å²) >= 11 is 0. The average Bonchev–Trinajstić information content (AvgIpc) is 3.21. The number of carbonyl (C=O) groups excluding carboxylic acids is 2. The van der Waals surface area contributed by atoms with Crippen molar-refractivity contribution in [3.05, 3.63) is 41.7 Å². The number of hydrogen-bond donors (Lipinski definition) is 2. The molecule has 0 saturated heterocycles. The maximum absolute atomic E-state index is 13.1. The molecule has 1 aromatic carbocycles. The lowest BCUT2D eigenvalue weighted by atomic mass is 10.2. The number of nitrogens with zero attached hydrogens (tertiary/aromatic N) is 1. The number of halogens is 2. The Morgan fingerprint density at radius 3 is 2.43 bits per heavy atom. The number of rotatable bonds is 4. The molecule has 1 aliphatic carbocycles. The Morgan fingerprint density at radius 1 is 1.13 bits per heavy atom. The number of amides is 2. The van der Waals surface area contributed by atoms with Crippen molar-refractivity contribution in [3.63, 3.8) is 0 Å². The van der Waals surface area contributed by atoms with Gasteiger partial charge in [0.2, 0.25) is 11.8 Å². The van der Waals surface area contributed by atoms with Gasteiger partial charge in [-0.15, -0.1) is 0 Å². The summed E-state index contributed by atoms with van der Waals surface area (Å²) in [6.07, 6.45) is 0.387. The first kappa shape index (κ1) is 15.1. The highest BCUT2D eigenvalue weighted by Gasteiger charge is 2.48. The molecule has 23 heavy (non-hydrogen) atoms. The highest BCUT2D eigenvalue weighted by molar-refractivity contribution is 6.02. The zero-order valence-corrected chi connectivity index (χ0v) is 12.1. The predicted octanol–water partition coefficient (Wildman–Crippen LogP) is 2.47. The molecule has 8 heteroatoms. The van der Waals surface area contributed by atoms with Gasteiger partial charge in [0, 0.05) is 17.8 Å². The third kappa shape index (κ3) is 3.36. The van der Waals surface area contributed by atoms with Crippen molar-refractivity contribution >= 4 is 23.3 Å². The molecule has 0 bridgehead atoms. The molecule has 1 fully saturated rings.